The van der Waals surface area contributed by atoms with Gasteiger partial charge in [0.1, 0.15) is 0 Å². The van der Waals surface area contributed by atoms with Crippen molar-refractivity contribution in [3.63, 3.8) is 0 Å². The molecule has 1 aromatic carbocycles. The fourth-order valence-electron chi connectivity index (χ4n) is 1.79. The van der Waals surface area contributed by atoms with Gasteiger partial charge in [0, 0.05) is 26.0 Å². The van der Waals surface area contributed by atoms with Crippen molar-refractivity contribution >= 4 is 5.91 Å². The van der Waals surface area contributed by atoms with Crippen molar-refractivity contribution in [3.8, 4) is 6.07 Å². The Balaban J connectivity index is 2.11. The molecule has 1 heterocycles. The summed E-state index contributed by atoms with van der Waals surface area (Å²) in [6.07, 6.45) is 3.18. The first kappa shape index (κ1) is 12.8. The zero-order valence-corrected chi connectivity index (χ0v) is 10.6. The quantitative estimate of drug-likeness (QED) is 0.840. The second kappa shape index (κ2) is 5.78. The molecule has 94 valence electrons. The van der Waals surface area contributed by atoms with Gasteiger partial charge in [-0.3, -0.25) is 9.78 Å². The Labute approximate surface area is 111 Å². The molecule has 0 aliphatic heterocycles. The molecule has 2 rings (SSSR count). The summed E-state index contributed by atoms with van der Waals surface area (Å²) in [6, 6.07) is 12.8. The van der Waals surface area contributed by atoms with Crippen LogP contribution in [0.4, 0.5) is 0 Å². The van der Waals surface area contributed by atoms with Crippen LogP contribution in [0, 0.1) is 11.3 Å². The Morgan fingerprint density at radius 1 is 1.37 bits per heavy atom. The molecule has 0 saturated heterocycles. The van der Waals surface area contributed by atoms with Gasteiger partial charge in [-0.15, -0.1) is 0 Å². The van der Waals surface area contributed by atoms with Crippen LogP contribution >= 0.6 is 0 Å². The van der Waals surface area contributed by atoms with E-state index in [4.69, 9.17) is 5.26 Å². The van der Waals surface area contributed by atoms with Crippen molar-refractivity contribution < 1.29 is 4.79 Å². The molecule has 0 spiro atoms. The number of carbonyl (C=O) groups excluding carboxylic acids is 1. The molecular formula is C15H13N3O. The number of aromatic nitrogens is 1. The predicted octanol–water partition coefficient (Wildman–Crippen LogP) is 2.23. The Morgan fingerprint density at radius 3 is 2.89 bits per heavy atom. The van der Waals surface area contributed by atoms with E-state index in [1.165, 1.54) is 0 Å². The standard InChI is InChI=1S/C15H13N3O/c1-18(15(19)14-6-3-7-17-10-14)11-13-5-2-4-12(8-13)9-16/h2-8,10H,11H2,1H3. The maximum atomic E-state index is 12.1. The molecular weight excluding hydrogens is 238 g/mol. The minimum Gasteiger partial charge on any atom is -0.337 e. The molecule has 4 nitrogen and oxygen atoms in total. The number of hydrogen-bond acceptors (Lipinski definition) is 3. The SMILES string of the molecule is CN(Cc1cccc(C#N)c1)C(=O)c1cccnc1. The highest BCUT2D eigenvalue weighted by molar-refractivity contribution is 5.93. The van der Waals surface area contributed by atoms with E-state index in [1.807, 2.05) is 12.1 Å². The maximum Gasteiger partial charge on any atom is 0.255 e. The third kappa shape index (κ3) is 3.17. The molecule has 0 aliphatic rings. The van der Waals surface area contributed by atoms with E-state index in [2.05, 4.69) is 11.1 Å². The van der Waals surface area contributed by atoms with E-state index in [0.717, 1.165) is 5.56 Å². The fourth-order valence-corrected chi connectivity index (χ4v) is 1.79. The summed E-state index contributed by atoms with van der Waals surface area (Å²) in [5.74, 6) is -0.0875. The predicted molar refractivity (Wildman–Crippen MR) is 71.2 cm³/mol. The van der Waals surface area contributed by atoms with Crippen LogP contribution in [0.3, 0.4) is 0 Å². The summed E-state index contributed by atoms with van der Waals surface area (Å²) in [4.78, 5) is 17.7. The lowest BCUT2D eigenvalue weighted by molar-refractivity contribution is 0.0784. The van der Waals surface area contributed by atoms with Gasteiger partial charge < -0.3 is 4.90 Å². The number of hydrogen-bond donors (Lipinski definition) is 0. The Kier molecular flexibility index (Phi) is 3.89. The largest absolute Gasteiger partial charge is 0.337 e. The van der Waals surface area contributed by atoms with Crippen LogP contribution in [-0.4, -0.2) is 22.8 Å². The molecule has 0 fully saturated rings. The highest BCUT2D eigenvalue weighted by Crippen LogP contribution is 2.09. The van der Waals surface area contributed by atoms with Crippen molar-refractivity contribution in [2.45, 2.75) is 6.54 Å². The van der Waals surface area contributed by atoms with Crippen molar-refractivity contribution in [1.82, 2.24) is 9.88 Å². The first-order chi connectivity index (χ1) is 9.20. The number of benzene rings is 1. The third-order valence-electron chi connectivity index (χ3n) is 2.73. The average molecular weight is 251 g/mol. The van der Waals surface area contributed by atoms with Crippen LogP contribution < -0.4 is 0 Å². The van der Waals surface area contributed by atoms with Crippen molar-refractivity contribution in [1.29, 1.82) is 5.26 Å². The first-order valence-corrected chi connectivity index (χ1v) is 5.85. The summed E-state index contributed by atoms with van der Waals surface area (Å²) in [5, 5.41) is 8.84. The maximum absolute atomic E-state index is 12.1. The number of nitriles is 1. The lowest BCUT2D eigenvalue weighted by Gasteiger charge is -2.17. The lowest BCUT2D eigenvalue weighted by atomic mass is 10.1. The summed E-state index contributed by atoms with van der Waals surface area (Å²) in [7, 11) is 1.73. The summed E-state index contributed by atoms with van der Waals surface area (Å²) in [6.45, 7) is 0.462. The first-order valence-electron chi connectivity index (χ1n) is 5.85. The number of pyridine rings is 1. The highest BCUT2D eigenvalue weighted by Gasteiger charge is 2.11. The smallest absolute Gasteiger partial charge is 0.255 e. The summed E-state index contributed by atoms with van der Waals surface area (Å²) >= 11 is 0. The zero-order valence-electron chi connectivity index (χ0n) is 10.6. The molecule has 0 radical (unpaired) electrons. The van der Waals surface area contributed by atoms with Crippen LogP contribution in [0.1, 0.15) is 21.5 Å². The molecule has 0 saturated carbocycles. The molecule has 0 atom stereocenters. The lowest BCUT2D eigenvalue weighted by Crippen LogP contribution is -2.26. The number of nitrogens with zero attached hydrogens (tertiary/aromatic N) is 3. The van der Waals surface area contributed by atoms with Crippen molar-refractivity contribution in [2.24, 2.45) is 0 Å². The molecule has 4 heteroatoms. The van der Waals surface area contributed by atoms with Gasteiger partial charge in [0.25, 0.3) is 5.91 Å². The Bertz CT molecular complexity index is 617. The normalized spacial score (nSPS) is 9.68. The van der Waals surface area contributed by atoms with Gasteiger partial charge in [0.2, 0.25) is 0 Å². The van der Waals surface area contributed by atoms with Crippen LogP contribution in [0.15, 0.2) is 48.8 Å². The van der Waals surface area contributed by atoms with Crippen molar-refractivity contribution in [3.05, 3.63) is 65.5 Å². The van der Waals surface area contributed by atoms with E-state index in [1.54, 1.807) is 48.6 Å². The van der Waals surface area contributed by atoms with E-state index < -0.39 is 0 Å². The molecule has 0 bridgehead atoms. The minimum atomic E-state index is -0.0875. The number of rotatable bonds is 3. The van der Waals surface area contributed by atoms with Crippen molar-refractivity contribution in [2.75, 3.05) is 7.05 Å². The fraction of sp³-hybridized carbons (Fsp3) is 0.133. The molecule has 2 aromatic rings. The van der Waals surface area contributed by atoms with Gasteiger partial charge in [-0.2, -0.15) is 5.26 Å². The van der Waals surface area contributed by atoms with E-state index in [9.17, 15) is 4.79 Å². The summed E-state index contributed by atoms with van der Waals surface area (Å²) in [5.41, 5.74) is 2.08. The van der Waals surface area contributed by atoms with Crippen LogP contribution in [-0.2, 0) is 6.54 Å². The topological polar surface area (TPSA) is 57.0 Å². The molecule has 0 N–H and O–H groups in total. The zero-order chi connectivity index (χ0) is 13.7. The van der Waals surface area contributed by atoms with Gasteiger partial charge in [-0.05, 0) is 29.8 Å². The van der Waals surface area contributed by atoms with E-state index >= 15 is 0 Å². The van der Waals surface area contributed by atoms with Crippen LogP contribution in [0.2, 0.25) is 0 Å². The molecule has 0 unspecified atom stereocenters. The molecule has 1 amide bonds. The molecule has 0 aliphatic carbocycles. The minimum absolute atomic E-state index is 0.0875. The molecule has 19 heavy (non-hydrogen) atoms. The van der Waals surface area contributed by atoms with Gasteiger partial charge in [0.05, 0.1) is 17.2 Å². The third-order valence-corrected chi connectivity index (χ3v) is 2.73. The van der Waals surface area contributed by atoms with Gasteiger partial charge in [-0.25, -0.2) is 0 Å². The monoisotopic (exact) mass is 251 g/mol. The molecule has 1 aromatic heterocycles. The number of amides is 1. The van der Waals surface area contributed by atoms with E-state index in [-0.39, 0.29) is 5.91 Å². The Morgan fingerprint density at radius 2 is 2.21 bits per heavy atom. The van der Waals surface area contributed by atoms with E-state index in [0.29, 0.717) is 17.7 Å². The summed E-state index contributed by atoms with van der Waals surface area (Å²) < 4.78 is 0. The Hall–Kier alpha value is -2.67. The van der Waals surface area contributed by atoms with Gasteiger partial charge in [0.15, 0.2) is 0 Å². The second-order valence-electron chi connectivity index (χ2n) is 4.22. The van der Waals surface area contributed by atoms with Gasteiger partial charge >= 0.3 is 0 Å². The van der Waals surface area contributed by atoms with Gasteiger partial charge in [-0.1, -0.05) is 12.1 Å². The number of carbonyl (C=O) groups is 1. The van der Waals surface area contributed by atoms with Crippen LogP contribution in [0.25, 0.3) is 0 Å². The average Bonchev–Trinajstić information content (AvgIpc) is 2.47. The highest BCUT2D eigenvalue weighted by atomic mass is 16.2. The van der Waals surface area contributed by atoms with Crippen LogP contribution in [0.5, 0.6) is 0 Å². The second-order valence-corrected chi connectivity index (χ2v) is 4.22.